The van der Waals surface area contributed by atoms with Crippen LogP contribution in [0.3, 0.4) is 0 Å². The van der Waals surface area contributed by atoms with Crippen molar-refractivity contribution >= 4 is 17.1 Å². The van der Waals surface area contributed by atoms with E-state index >= 15 is 0 Å². The quantitative estimate of drug-likeness (QED) is 0.651. The fourth-order valence-electron chi connectivity index (χ4n) is 2.65. The number of fused-ring (bicyclic) bond motifs is 1. The standard InChI is InChI=1S/C14H16FN5O4/c1-3-13(22)5-14(15,6-21)24-11(13)20-7-17-8-9(20)18-12(16)19-10(8)23-4-2/h1,7,11,21-22H,4-6H2,2H3,(H2,16,18,19)/t11-,13-,14+/m1/s1. The first-order chi connectivity index (χ1) is 11.4. The summed E-state index contributed by atoms with van der Waals surface area (Å²) in [7, 11) is 0. The van der Waals surface area contributed by atoms with Crippen molar-refractivity contribution in [1.29, 1.82) is 0 Å². The van der Waals surface area contributed by atoms with Crippen LogP contribution in [0.1, 0.15) is 19.6 Å². The number of terminal acetylenes is 1. The Balaban J connectivity index is 2.14. The van der Waals surface area contributed by atoms with Crippen molar-refractivity contribution in [3.05, 3.63) is 6.33 Å². The van der Waals surface area contributed by atoms with Gasteiger partial charge in [0.15, 0.2) is 23.0 Å². The lowest BCUT2D eigenvalue weighted by Crippen LogP contribution is -2.34. The van der Waals surface area contributed by atoms with E-state index in [2.05, 4.69) is 20.9 Å². The van der Waals surface area contributed by atoms with Gasteiger partial charge in [-0.05, 0) is 6.92 Å². The minimum absolute atomic E-state index is 0.0939. The number of ether oxygens (including phenoxy) is 2. The normalized spacial score (nSPS) is 29.7. The van der Waals surface area contributed by atoms with E-state index in [0.717, 1.165) is 0 Å². The van der Waals surface area contributed by atoms with Crippen molar-refractivity contribution in [2.24, 2.45) is 0 Å². The molecule has 0 radical (unpaired) electrons. The number of hydrogen-bond donors (Lipinski definition) is 3. The number of aliphatic hydroxyl groups excluding tert-OH is 1. The molecule has 0 saturated carbocycles. The van der Waals surface area contributed by atoms with Gasteiger partial charge in [0.05, 0.1) is 19.4 Å². The zero-order chi connectivity index (χ0) is 17.5. The molecule has 0 bridgehead atoms. The molecule has 3 heterocycles. The number of nitrogen functional groups attached to an aromatic ring is 1. The Morgan fingerprint density at radius 3 is 3.00 bits per heavy atom. The number of halogens is 1. The number of rotatable bonds is 4. The zero-order valence-corrected chi connectivity index (χ0v) is 12.8. The molecule has 3 atom stereocenters. The van der Waals surface area contributed by atoms with Crippen LogP contribution in [0.2, 0.25) is 0 Å². The summed E-state index contributed by atoms with van der Waals surface area (Å²) in [6, 6.07) is 0. The van der Waals surface area contributed by atoms with Crippen LogP contribution in [-0.2, 0) is 4.74 Å². The van der Waals surface area contributed by atoms with E-state index in [1.807, 2.05) is 0 Å². The third-order valence-electron chi connectivity index (χ3n) is 3.69. The third-order valence-corrected chi connectivity index (χ3v) is 3.69. The van der Waals surface area contributed by atoms with E-state index in [1.165, 1.54) is 10.9 Å². The number of nitrogens with two attached hydrogens (primary N) is 1. The van der Waals surface area contributed by atoms with Gasteiger partial charge in [-0.2, -0.15) is 9.97 Å². The minimum Gasteiger partial charge on any atom is -0.476 e. The Kier molecular flexibility index (Phi) is 3.79. The molecule has 128 valence electrons. The largest absolute Gasteiger partial charge is 0.476 e. The Morgan fingerprint density at radius 2 is 2.38 bits per heavy atom. The molecule has 1 aliphatic heterocycles. The van der Waals surface area contributed by atoms with Gasteiger partial charge in [0.1, 0.15) is 6.61 Å². The van der Waals surface area contributed by atoms with Gasteiger partial charge in [-0.3, -0.25) is 4.57 Å². The summed E-state index contributed by atoms with van der Waals surface area (Å²) >= 11 is 0. The molecule has 0 aliphatic carbocycles. The van der Waals surface area contributed by atoms with Crippen LogP contribution in [0.15, 0.2) is 6.33 Å². The monoisotopic (exact) mass is 337 g/mol. The molecule has 0 aromatic carbocycles. The second-order valence-electron chi connectivity index (χ2n) is 5.40. The highest BCUT2D eigenvalue weighted by Crippen LogP contribution is 2.45. The first kappa shape index (κ1) is 16.4. The number of imidazole rings is 1. The Labute approximate surface area is 136 Å². The first-order valence-electron chi connectivity index (χ1n) is 7.16. The summed E-state index contributed by atoms with van der Waals surface area (Å²) in [5.74, 6) is -0.316. The van der Waals surface area contributed by atoms with Gasteiger partial charge in [-0.1, -0.05) is 5.92 Å². The van der Waals surface area contributed by atoms with Gasteiger partial charge in [0, 0.05) is 0 Å². The van der Waals surface area contributed by atoms with Gasteiger partial charge in [-0.15, -0.1) is 6.42 Å². The molecule has 1 aliphatic rings. The van der Waals surface area contributed by atoms with Crippen molar-refractivity contribution in [2.45, 2.75) is 31.0 Å². The van der Waals surface area contributed by atoms with Gasteiger partial charge in [-0.25, -0.2) is 9.37 Å². The highest BCUT2D eigenvalue weighted by Gasteiger charge is 2.56. The Hall–Kier alpha value is -2.48. The maximum Gasteiger partial charge on any atom is 0.247 e. The van der Waals surface area contributed by atoms with E-state index in [0.29, 0.717) is 6.61 Å². The number of alkyl halides is 1. The third kappa shape index (κ3) is 2.43. The second-order valence-corrected chi connectivity index (χ2v) is 5.40. The van der Waals surface area contributed by atoms with Gasteiger partial charge in [0.2, 0.25) is 17.7 Å². The molecule has 4 N–H and O–H groups in total. The number of anilines is 1. The highest BCUT2D eigenvalue weighted by atomic mass is 19.2. The van der Waals surface area contributed by atoms with Gasteiger partial charge < -0.3 is 25.4 Å². The summed E-state index contributed by atoms with van der Waals surface area (Å²) in [6.45, 7) is 1.13. The van der Waals surface area contributed by atoms with Crippen LogP contribution in [0.25, 0.3) is 11.2 Å². The molecular weight excluding hydrogens is 321 g/mol. The van der Waals surface area contributed by atoms with E-state index in [1.54, 1.807) is 6.92 Å². The summed E-state index contributed by atoms with van der Waals surface area (Å²) in [5, 5.41) is 19.7. The van der Waals surface area contributed by atoms with E-state index in [9.17, 15) is 9.50 Å². The first-order valence-corrected chi connectivity index (χ1v) is 7.16. The topological polar surface area (TPSA) is 129 Å². The molecule has 0 unspecified atom stereocenters. The van der Waals surface area contributed by atoms with Crippen molar-refractivity contribution in [1.82, 2.24) is 19.5 Å². The predicted octanol–water partition coefficient (Wildman–Crippen LogP) is -0.252. The average Bonchev–Trinajstić information content (AvgIpc) is 3.07. The number of nitrogens with zero attached hydrogens (tertiary/aromatic N) is 4. The molecular formula is C14H16FN5O4. The molecule has 1 fully saturated rings. The number of aliphatic hydroxyl groups is 2. The molecule has 0 amide bonds. The van der Waals surface area contributed by atoms with Gasteiger partial charge in [0.25, 0.3) is 0 Å². The van der Waals surface area contributed by atoms with Crippen molar-refractivity contribution in [3.8, 4) is 18.2 Å². The van der Waals surface area contributed by atoms with Crippen molar-refractivity contribution in [3.63, 3.8) is 0 Å². The van der Waals surface area contributed by atoms with Crippen LogP contribution < -0.4 is 10.5 Å². The smallest absolute Gasteiger partial charge is 0.247 e. The van der Waals surface area contributed by atoms with E-state index < -0.39 is 30.7 Å². The van der Waals surface area contributed by atoms with E-state index in [-0.39, 0.29) is 23.0 Å². The molecule has 2 aromatic heterocycles. The minimum atomic E-state index is -2.48. The molecule has 2 aromatic rings. The Bertz CT molecular complexity index is 821. The fraction of sp³-hybridized carbons (Fsp3) is 0.500. The maximum atomic E-state index is 14.4. The van der Waals surface area contributed by atoms with Crippen LogP contribution in [0, 0.1) is 12.3 Å². The lowest BCUT2D eigenvalue weighted by Gasteiger charge is -2.23. The summed E-state index contributed by atoms with van der Waals surface area (Å²) in [5.41, 5.74) is 4.07. The zero-order valence-electron chi connectivity index (χ0n) is 12.8. The van der Waals surface area contributed by atoms with Crippen LogP contribution in [-0.4, -0.2) is 54.4 Å². The lowest BCUT2D eigenvalue weighted by molar-refractivity contribution is -0.181. The molecule has 1 saturated heterocycles. The maximum absolute atomic E-state index is 14.4. The summed E-state index contributed by atoms with van der Waals surface area (Å²) in [6.07, 6.45) is 4.65. The van der Waals surface area contributed by atoms with E-state index in [4.69, 9.17) is 26.7 Å². The summed E-state index contributed by atoms with van der Waals surface area (Å²) in [4.78, 5) is 12.1. The van der Waals surface area contributed by atoms with Crippen LogP contribution in [0.5, 0.6) is 5.88 Å². The Morgan fingerprint density at radius 1 is 1.62 bits per heavy atom. The molecule has 24 heavy (non-hydrogen) atoms. The lowest BCUT2D eigenvalue weighted by atomic mass is 9.98. The predicted molar refractivity (Wildman–Crippen MR) is 80.4 cm³/mol. The van der Waals surface area contributed by atoms with Crippen LogP contribution >= 0.6 is 0 Å². The van der Waals surface area contributed by atoms with Crippen molar-refractivity contribution in [2.75, 3.05) is 18.9 Å². The van der Waals surface area contributed by atoms with Gasteiger partial charge >= 0.3 is 0 Å². The number of aromatic nitrogens is 4. The molecule has 10 heteroatoms. The molecule has 0 spiro atoms. The van der Waals surface area contributed by atoms with Crippen LogP contribution in [0.4, 0.5) is 10.3 Å². The second kappa shape index (κ2) is 5.55. The highest BCUT2D eigenvalue weighted by molar-refractivity contribution is 5.77. The fourth-order valence-corrected chi connectivity index (χ4v) is 2.65. The SMILES string of the molecule is C#C[C@@]1(O)C[C@@](F)(CO)O[C@H]1n1cnc2c(OCC)nc(N)nc21. The average molecular weight is 337 g/mol. The summed E-state index contributed by atoms with van der Waals surface area (Å²) < 4.78 is 26.2. The molecule has 9 nitrogen and oxygen atoms in total. The molecule has 3 rings (SSSR count). The van der Waals surface area contributed by atoms with Crippen molar-refractivity contribution < 1.29 is 24.1 Å². The number of hydrogen-bond acceptors (Lipinski definition) is 8.